The summed E-state index contributed by atoms with van der Waals surface area (Å²) >= 11 is 0. The van der Waals surface area contributed by atoms with Gasteiger partial charge in [-0.15, -0.1) is 0 Å². The number of aliphatic carboxylic acids is 1. The number of carbonyl (C=O) groups is 2. The van der Waals surface area contributed by atoms with Gasteiger partial charge in [0.05, 0.1) is 12.0 Å². The van der Waals surface area contributed by atoms with E-state index in [-0.39, 0.29) is 6.09 Å². The molecule has 1 N–H and O–H groups in total. The highest BCUT2D eigenvalue weighted by molar-refractivity contribution is 5.76. The maximum Gasteiger partial charge on any atom is 0.409 e. The van der Waals surface area contributed by atoms with E-state index >= 15 is 0 Å². The van der Waals surface area contributed by atoms with Crippen LogP contribution < -0.4 is 0 Å². The highest BCUT2D eigenvalue weighted by Gasteiger charge is 2.42. The SMILES string of the molecule is CCCCOC(=O)N1CCC(Cc2cccc(C)c2)(C(=O)O)CC1. The Bertz CT molecular complexity index is 576. The third-order valence-corrected chi connectivity index (χ3v) is 4.78. The Hall–Kier alpha value is -2.04. The first-order valence-electron chi connectivity index (χ1n) is 8.67. The predicted octanol–water partition coefficient (Wildman–Crippen LogP) is 3.64. The van der Waals surface area contributed by atoms with E-state index in [2.05, 4.69) is 0 Å². The Morgan fingerprint density at radius 3 is 2.58 bits per heavy atom. The monoisotopic (exact) mass is 333 g/mol. The first-order chi connectivity index (χ1) is 11.5. The van der Waals surface area contributed by atoms with Gasteiger partial charge in [0.1, 0.15) is 0 Å². The molecule has 2 rings (SSSR count). The summed E-state index contributed by atoms with van der Waals surface area (Å²) in [6.45, 7) is 5.35. The molecule has 0 radical (unpaired) electrons. The lowest BCUT2D eigenvalue weighted by Crippen LogP contribution is -2.47. The van der Waals surface area contributed by atoms with Crippen LogP contribution in [-0.2, 0) is 16.0 Å². The first kappa shape index (κ1) is 18.3. The van der Waals surface area contributed by atoms with Crippen LogP contribution in [0.25, 0.3) is 0 Å². The molecule has 24 heavy (non-hydrogen) atoms. The van der Waals surface area contributed by atoms with E-state index in [1.165, 1.54) is 0 Å². The minimum Gasteiger partial charge on any atom is -0.481 e. The standard InChI is InChI=1S/C19H27NO4/c1-3-4-12-24-18(23)20-10-8-19(9-11-20,17(21)22)14-16-7-5-6-15(2)13-16/h5-7,13H,3-4,8-12,14H2,1-2H3,(H,21,22). The molecule has 132 valence electrons. The van der Waals surface area contributed by atoms with Crippen molar-refractivity contribution in [3.63, 3.8) is 0 Å². The number of carboxylic acids is 1. The number of carbonyl (C=O) groups excluding carboxylic acids is 1. The summed E-state index contributed by atoms with van der Waals surface area (Å²) in [7, 11) is 0. The molecular formula is C19H27NO4. The fraction of sp³-hybridized carbons (Fsp3) is 0.579. The third kappa shape index (κ3) is 4.49. The summed E-state index contributed by atoms with van der Waals surface area (Å²) in [5.74, 6) is -0.775. The number of unbranched alkanes of at least 4 members (excludes halogenated alkanes) is 1. The van der Waals surface area contributed by atoms with Crippen molar-refractivity contribution in [2.75, 3.05) is 19.7 Å². The molecule has 1 aliphatic heterocycles. The minimum absolute atomic E-state index is 0.321. The number of benzene rings is 1. The molecule has 1 aromatic rings. The van der Waals surface area contributed by atoms with Gasteiger partial charge in [-0.2, -0.15) is 0 Å². The van der Waals surface area contributed by atoms with E-state index in [0.29, 0.717) is 39.0 Å². The molecule has 5 heteroatoms. The van der Waals surface area contributed by atoms with Crippen LogP contribution in [0.1, 0.15) is 43.7 Å². The number of nitrogens with zero attached hydrogens (tertiary/aromatic N) is 1. The second-order valence-corrected chi connectivity index (χ2v) is 6.71. The van der Waals surface area contributed by atoms with Crippen LogP contribution in [-0.4, -0.2) is 41.8 Å². The highest BCUT2D eigenvalue weighted by atomic mass is 16.6. The molecule has 1 aliphatic rings. The van der Waals surface area contributed by atoms with Gasteiger partial charge in [-0.05, 0) is 38.2 Å². The summed E-state index contributed by atoms with van der Waals surface area (Å²) in [6.07, 6.45) is 2.93. The van der Waals surface area contributed by atoms with Crippen LogP contribution in [0.4, 0.5) is 4.79 Å². The van der Waals surface area contributed by atoms with Crippen LogP contribution in [0.3, 0.4) is 0 Å². The number of likely N-dealkylation sites (tertiary alicyclic amines) is 1. The van der Waals surface area contributed by atoms with Crippen LogP contribution in [0.15, 0.2) is 24.3 Å². The summed E-state index contributed by atoms with van der Waals surface area (Å²) in [6, 6.07) is 7.98. The average molecular weight is 333 g/mol. The van der Waals surface area contributed by atoms with E-state index in [4.69, 9.17) is 4.74 Å². The fourth-order valence-electron chi connectivity index (χ4n) is 3.19. The van der Waals surface area contributed by atoms with Crippen molar-refractivity contribution >= 4 is 12.1 Å². The van der Waals surface area contributed by atoms with Gasteiger partial charge >= 0.3 is 12.1 Å². The van der Waals surface area contributed by atoms with Gasteiger partial charge < -0.3 is 14.7 Å². The summed E-state index contributed by atoms with van der Waals surface area (Å²) < 4.78 is 5.22. The molecule has 0 aromatic heterocycles. The smallest absolute Gasteiger partial charge is 0.409 e. The van der Waals surface area contributed by atoms with E-state index in [0.717, 1.165) is 24.0 Å². The zero-order valence-electron chi connectivity index (χ0n) is 14.6. The molecule has 0 atom stereocenters. The molecule has 1 amide bonds. The third-order valence-electron chi connectivity index (χ3n) is 4.78. The molecule has 0 saturated carbocycles. The van der Waals surface area contributed by atoms with E-state index < -0.39 is 11.4 Å². The van der Waals surface area contributed by atoms with Crippen molar-refractivity contribution < 1.29 is 19.4 Å². The van der Waals surface area contributed by atoms with Crippen LogP contribution in [0.2, 0.25) is 0 Å². The Labute approximate surface area is 143 Å². The van der Waals surface area contributed by atoms with Gasteiger partial charge in [-0.25, -0.2) is 4.79 Å². The fourth-order valence-corrected chi connectivity index (χ4v) is 3.19. The Morgan fingerprint density at radius 1 is 1.29 bits per heavy atom. The number of hydrogen-bond donors (Lipinski definition) is 1. The topological polar surface area (TPSA) is 66.8 Å². The van der Waals surface area contributed by atoms with E-state index in [9.17, 15) is 14.7 Å². The maximum absolute atomic E-state index is 12.0. The lowest BCUT2D eigenvalue weighted by atomic mass is 9.74. The molecule has 1 saturated heterocycles. The summed E-state index contributed by atoms with van der Waals surface area (Å²) in [5, 5.41) is 9.78. The quantitative estimate of drug-likeness (QED) is 0.807. The number of hydrogen-bond acceptors (Lipinski definition) is 3. The van der Waals surface area contributed by atoms with Crippen molar-refractivity contribution in [2.24, 2.45) is 5.41 Å². The zero-order chi connectivity index (χ0) is 17.6. The Kier molecular flexibility index (Phi) is 6.23. The molecule has 1 heterocycles. The van der Waals surface area contributed by atoms with Crippen molar-refractivity contribution in [3.8, 4) is 0 Å². The maximum atomic E-state index is 12.0. The molecule has 0 aliphatic carbocycles. The lowest BCUT2D eigenvalue weighted by molar-refractivity contribution is -0.151. The molecule has 0 spiro atoms. The van der Waals surface area contributed by atoms with Gasteiger partial charge in [-0.1, -0.05) is 43.2 Å². The van der Waals surface area contributed by atoms with Crippen molar-refractivity contribution in [1.82, 2.24) is 4.90 Å². The number of rotatable bonds is 6. The second kappa shape index (κ2) is 8.18. The molecule has 0 unspecified atom stereocenters. The highest BCUT2D eigenvalue weighted by Crippen LogP contribution is 2.36. The predicted molar refractivity (Wildman–Crippen MR) is 92.0 cm³/mol. The summed E-state index contributed by atoms with van der Waals surface area (Å²) in [4.78, 5) is 25.6. The van der Waals surface area contributed by atoms with Crippen molar-refractivity contribution in [1.29, 1.82) is 0 Å². The average Bonchev–Trinajstić information content (AvgIpc) is 2.55. The van der Waals surface area contributed by atoms with Crippen LogP contribution in [0, 0.1) is 12.3 Å². The molecule has 0 bridgehead atoms. The van der Waals surface area contributed by atoms with Gasteiger partial charge in [0.2, 0.25) is 0 Å². The van der Waals surface area contributed by atoms with Crippen LogP contribution in [0.5, 0.6) is 0 Å². The van der Waals surface area contributed by atoms with E-state index in [1.54, 1.807) is 4.90 Å². The Morgan fingerprint density at radius 2 is 2.00 bits per heavy atom. The second-order valence-electron chi connectivity index (χ2n) is 6.71. The number of aryl methyl sites for hydroxylation is 1. The van der Waals surface area contributed by atoms with Crippen LogP contribution >= 0.6 is 0 Å². The van der Waals surface area contributed by atoms with E-state index in [1.807, 2.05) is 38.1 Å². The van der Waals surface area contributed by atoms with Crippen molar-refractivity contribution in [2.45, 2.75) is 46.0 Å². The van der Waals surface area contributed by atoms with Gasteiger partial charge in [0.15, 0.2) is 0 Å². The number of ether oxygens (including phenoxy) is 1. The molecule has 5 nitrogen and oxygen atoms in total. The molecular weight excluding hydrogens is 306 g/mol. The minimum atomic E-state index is -0.798. The number of amides is 1. The van der Waals surface area contributed by atoms with Gasteiger partial charge in [0.25, 0.3) is 0 Å². The van der Waals surface area contributed by atoms with Gasteiger partial charge in [0, 0.05) is 13.1 Å². The summed E-state index contributed by atoms with van der Waals surface area (Å²) in [5.41, 5.74) is 1.37. The Balaban J connectivity index is 1.99. The zero-order valence-corrected chi connectivity index (χ0v) is 14.6. The van der Waals surface area contributed by atoms with Gasteiger partial charge in [-0.3, -0.25) is 4.79 Å². The molecule has 1 aromatic carbocycles. The normalized spacial score (nSPS) is 16.7. The number of piperidine rings is 1. The lowest BCUT2D eigenvalue weighted by Gasteiger charge is -2.38. The largest absolute Gasteiger partial charge is 0.481 e. The van der Waals surface area contributed by atoms with Crippen molar-refractivity contribution in [3.05, 3.63) is 35.4 Å². The first-order valence-corrected chi connectivity index (χ1v) is 8.67. The molecule has 1 fully saturated rings. The number of carboxylic acid groups (broad SMARTS) is 1.